The highest BCUT2D eigenvalue weighted by molar-refractivity contribution is 5.93. The summed E-state index contributed by atoms with van der Waals surface area (Å²) in [4.78, 5) is 12.7. The van der Waals surface area contributed by atoms with Crippen molar-refractivity contribution in [2.45, 2.75) is 44.8 Å². The number of nitrogens with two attached hydrogens (primary N) is 1. The third-order valence-electron chi connectivity index (χ3n) is 5.36. The lowest BCUT2D eigenvalue weighted by Gasteiger charge is -2.43. The van der Waals surface area contributed by atoms with Crippen LogP contribution < -0.4 is 11.1 Å². The summed E-state index contributed by atoms with van der Waals surface area (Å²) in [7, 11) is 1.67. The molecule has 4 heteroatoms. The van der Waals surface area contributed by atoms with Crippen LogP contribution in [0.3, 0.4) is 0 Å². The largest absolute Gasteiger partial charge is 0.380 e. The van der Waals surface area contributed by atoms with Gasteiger partial charge in [0.05, 0.1) is 6.61 Å². The van der Waals surface area contributed by atoms with E-state index in [0.29, 0.717) is 24.5 Å². The molecule has 1 aromatic carbocycles. The molecule has 0 spiro atoms. The van der Waals surface area contributed by atoms with Gasteiger partial charge in [0.15, 0.2) is 0 Å². The highest BCUT2D eigenvalue weighted by atomic mass is 16.5. The van der Waals surface area contributed by atoms with E-state index in [1.807, 2.05) is 24.3 Å². The third-order valence-corrected chi connectivity index (χ3v) is 5.36. The van der Waals surface area contributed by atoms with Crippen molar-refractivity contribution in [3.63, 3.8) is 0 Å². The highest BCUT2D eigenvalue weighted by Crippen LogP contribution is 2.42. The number of nitrogens with one attached hydrogen (secondary N) is 1. The monoisotopic (exact) mass is 302 g/mol. The second kappa shape index (κ2) is 6.80. The molecule has 120 valence electrons. The van der Waals surface area contributed by atoms with Crippen molar-refractivity contribution in [1.29, 1.82) is 0 Å². The van der Waals surface area contributed by atoms with Crippen LogP contribution in [0.5, 0.6) is 0 Å². The van der Waals surface area contributed by atoms with Crippen molar-refractivity contribution in [3.8, 4) is 0 Å². The van der Waals surface area contributed by atoms with Crippen LogP contribution in [0.15, 0.2) is 24.3 Å². The maximum absolute atomic E-state index is 12.7. The van der Waals surface area contributed by atoms with Crippen LogP contribution in [0, 0.1) is 17.8 Å². The summed E-state index contributed by atoms with van der Waals surface area (Å²) in [5, 5.41) is 3.11. The van der Waals surface area contributed by atoms with Crippen molar-refractivity contribution in [2.75, 3.05) is 12.4 Å². The molecule has 2 aliphatic carbocycles. The number of methoxy groups -OCH3 is 1. The van der Waals surface area contributed by atoms with Gasteiger partial charge in [0, 0.05) is 30.3 Å². The van der Waals surface area contributed by atoms with Crippen molar-refractivity contribution in [3.05, 3.63) is 29.8 Å². The molecule has 2 atom stereocenters. The first kappa shape index (κ1) is 15.5. The van der Waals surface area contributed by atoms with E-state index < -0.39 is 0 Å². The number of hydrogen-bond donors (Lipinski definition) is 2. The van der Waals surface area contributed by atoms with Gasteiger partial charge in [0.25, 0.3) is 0 Å². The third kappa shape index (κ3) is 3.18. The van der Waals surface area contributed by atoms with Crippen molar-refractivity contribution < 1.29 is 9.53 Å². The number of benzene rings is 1. The van der Waals surface area contributed by atoms with Crippen LogP contribution in [0.1, 0.15) is 37.7 Å². The predicted octanol–water partition coefficient (Wildman–Crippen LogP) is 2.93. The standard InChI is InChI=1S/C18H26N2O2/c1-22-11-14-5-2-3-8-16(14)20-18(21)15-9-12-6-4-7-13(10-15)17(12)19/h2-3,5,8,12-13,15,17H,4,6-7,9-11,19H2,1H3,(H,20,21). The minimum Gasteiger partial charge on any atom is -0.380 e. The lowest BCUT2D eigenvalue weighted by atomic mass is 9.65. The van der Waals surface area contributed by atoms with Gasteiger partial charge in [-0.25, -0.2) is 0 Å². The molecule has 0 saturated heterocycles. The van der Waals surface area contributed by atoms with E-state index >= 15 is 0 Å². The van der Waals surface area contributed by atoms with Gasteiger partial charge < -0.3 is 15.8 Å². The number of anilines is 1. The SMILES string of the molecule is COCc1ccccc1NC(=O)C1CC2CCCC(C1)C2N. The van der Waals surface area contributed by atoms with E-state index in [1.165, 1.54) is 19.3 Å². The van der Waals surface area contributed by atoms with Crippen LogP contribution in [-0.4, -0.2) is 19.1 Å². The Labute approximate surface area is 132 Å². The Balaban J connectivity index is 1.68. The zero-order chi connectivity index (χ0) is 15.5. The minimum absolute atomic E-state index is 0.103. The maximum Gasteiger partial charge on any atom is 0.227 e. The summed E-state index contributed by atoms with van der Waals surface area (Å²) in [6, 6.07) is 8.15. The molecule has 2 aliphatic rings. The normalized spacial score (nSPS) is 30.8. The van der Waals surface area contributed by atoms with Gasteiger partial charge in [-0.15, -0.1) is 0 Å². The summed E-state index contributed by atoms with van der Waals surface area (Å²) in [5.74, 6) is 1.30. The molecule has 3 N–H and O–H groups in total. The van der Waals surface area contributed by atoms with Crippen LogP contribution in [-0.2, 0) is 16.1 Å². The van der Waals surface area contributed by atoms with E-state index in [9.17, 15) is 4.79 Å². The van der Waals surface area contributed by atoms with Gasteiger partial charge in [-0.2, -0.15) is 0 Å². The fourth-order valence-electron chi connectivity index (χ4n) is 4.16. The van der Waals surface area contributed by atoms with Gasteiger partial charge >= 0.3 is 0 Å². The molecule has 22 heavy (non-hydrogen) atoms. The Kier molecular flexibility index (Phi) is 4.79. The number of hydrogen-bond acceptors (Lipinski definition) is 3. The summed E-state index contributed by atoms with van der Waals surface area (Å²) in [6.07, 6.45) is 5.52. The average Bonchev–Trinajstić information content (AvgIpc) is 2.49. The molecule has 0 aliphatic heterocycles. The molecule has 0 heterocycles. The molecule has 2 fully saturated rings. The molecule has 0 radical (unpaired) electrons. The number of ether oxygens (including phenoxy) is 1. The maximum atomic E-state index is 12.7. The first-order chi connectivity index (χ1) is 10.7. The molecular formula is C18H26N2O2. The lowest BCUT2D eigenvalue weighted by molar-refractivity contribution is -0.122. The van der Waals surface area contributed by atoms with Crippen LogP contribution in [0.25, 0.3) is 0 Å². The van der Waals surface area contributed by atoms with Crippen molar-refractivity contribution >= 4 is 11.6 Å². The van der Waals surface area contributed by atoms with E-state index in [2.05, 4.69) is 5.32 Å². The Morgan fingerprint density at radius 3 is 2.64 bits per heavy atom. The van der Waals surface area contributed by atoms with Gasteiger partial charge in [0.2, 0.25) is 5.91 Å². The van der Waals surface area contributed by atoms with Crippen molar-refractivity contribution in [1.82, 2.24) is 0 Å². The molecule has 1 aromatic rings. The lowest BCUT2D eigenvalue weighted by Crippen LogP contribution is -2.48. The van der Waals surface area contributed by atoms with E-state index in [1.54, 1.807) is 7.11 Å². The molecule has 2 bridgehead atoms. The first-order valence-corrected chi connectivity index (χ1v) is 8.32. The molecule has 4 nitrogen and oxygen atoms in total. The Bertz CT molecular complexity index is 518. The number of amides is 1. The summed E-state index contributed by atoms with van der Waals surface area (Å²) in [5.41, 5.74) is 8.20. The average molecular weight is 302 g/mol. The van der Waals surface area contributed by atoms with Crippen LogP contribution in [0.2, 0.25) is 0 Å². The summed E-state index contributed by atoms with van der Waals surface area (Å²) in [6.45, 7) is 0.511. The van der Waals surface area contributed by atoms with E-state index in [-0.39, 0.29) is 11.8 Å². The minimum atomic E-state index is 0.103. The number of rotatable bonds is 4. The Hall–Kier alpha value is -1.39. The predicted molar refractivity (Wildman–Crippen MR) is 87.3 cm³/mol. The van der Waals surface area contributed by atoms with Gasteiger partial charge in [-0.05, 0) is 43.6 Å². The van der Waals surface area contributed by atoms with Crippen LogP contribution >= 0.6 is 0 Å². The second-order valence-corrected chi connectivity index (χ2v) is 6.78. The molecule has 2 saturated carbocycles. The topological polar surface area (TPSA) is 64.3 Å². The summed E-state index contributed by atoms with van der Waals surface area (Å²) >= 11 is 0. The molecular weight excluding hydrogens is 276 g/mol. The fourth-order valence-corrected chi connectivity index (χ4v) is 4.16. The smallest absolute Gasteiger partial charge is 0.227 e. The van der Waals surface area contributed by atoms with Gasteiger partial charge in [0.1, 0.15) is 0 Å². The molecule has 2 unspecified atom stereocenters. The van der Waals surface area contributed by atoms with Crippen molar-refractivity contribution in [2.24, 2.45) is 23.5 Å². The quantitative estimate of drug-likeness (QED) is 0.899. The zero-order valence-electron chi connectivity index (χ0n) is 13.3. The van der Waals surface area contributed by atoms with Gasteiger partial charge in [-0.3, -0.25) is 4.79 Å². The fraction of sp³-hybridized carbons (Fsp3) is 0.611. The highest BCUT2D eigenvalue weighted by Gasteiger charge is 2.40. The number of para-hydroxylation sites is 1. The first-order valence-electron chi connectivity index (χ1n) is 8.32. The molecule has 1 amide bonds. The van der Waals surface area contributed by atoms with E-state index in [0.717, 1.165) is 24.1 Å². The zero-order valence-corrected chi connectivity index (χ0v) is 13.3. The number of fused-ring (bicyclic) bond motifs is 2. The Morgan fingerprint density at radius 2 is 1.95 bits per heavy atom. The second-order valence-electron chi connectivity index (χ2n) is 6.78. The molecule has 0 aromatic heterocycles. The van der Waals surface area contributed by atoms with E-state index in [4.69, 9.17) is 10.5 Å². The number of carbonyl (C=O) groups is 1. The number of carbonyl (C=O) groups excluding carboxylic acids is 1. The summed E-state index contributed by atoms with van der Waals surface area (Å²) < 4.78 is 5.20. The van der Waals surface area contributed by atoms with Gasteiger partial charge in [-0.1, -0.05) is 24.6 Å². The van der Waals surface area contributed by atoms with Crippen LogP contribution in [0.4, 0.5) is 5.69 Å². The molecule has 3 rings (SSSR count). The Morgan fingerprint density at radius 1 is 1.27 bits per heavy atom.